The number of fused-ring (bicyclic) bond motifs is 1. The number of rotatable bonds is 4. The summed E-state index contributed by atoms with van der Waals surface area (Å²) in [6.45, 7) is 5.55. The molecule has 0 radical (unpaired) electrons. The predicted octanol–water partition coefficient (Wildman–Crippen LogP) is 2.31. The highest BCUT2D eigenvalue weighted by atomic mass is 16.1. The zero-order chi connectivity index (χ0) is 12.8. The van der Waals surface area contributed by atoms with E-state index in [0.717, 1.165) is 17.6 Å². The molecule has 3 N–H and O–H groups in total. The summed E-state index contributed by atoms with van der Waals surface area (Å²) in [4.78, 5) is 16.8. The van der Waals surface area contributed by atoms with Crippen molar-refractivity contribution in [3.8, 4) is 0 Å². The van der Waals surface area contributed by atoms with Gasteiger partial charge in [0.15, 0.2) is 0 Å². The lowest BCUT2D eigenvalue weighted by molar-refractivity contribution is 0.457. The number of H-pyrrole nitrogens is 2. The monoisotopic (exact) mass is 245 g/mol. The number of nitrogens with one attached hydrogen (secondary N) is 3. The van der Waals surface area contributed by atoms with Crippen LogP contribution in [0, 0.1) is 5.41 Å². The summed E-state index contributed by atoms with van der Waals surface area (Å²) >= 11 is 0. The van der Waals surface area contributed by atoms with Crippen LogP contribution in [0.5, 0.6) is 0 Å². The zero-order valence-electron chi connectivity index (χ0n) is 10.8. The normalized spacial score (nSPS) is 19.0. The minimum atomic E-state index is -0.145. The lowest BCUT2D eigenvalue weighted by Gasteiger charge is -2.17. The number of imidazole rings is 1. The fraction of sp³-hybridized carbons (Fsp3) is 0.500. The van der Waals surface area contributed by atoms with Gasteiger partial charge in [-0.1, -0.05) is 13.0 Å². The van der Waals surface area contributed by atoms with Crippen LogP contribution in [-0.4, -0.2) is 16.5 Å². The minimum Gasteiger partial charge on any atom is -0.310 e. The fourth-order valence-electron chi connectivity index (χ4n) is 2.23. The Labute approximate surface area is 106 Å². The molecule has 1 saturated carbocycles. The second-order valence-corrected chi connectivity index (χ2v) is 5.80. The van der Waals surface area contributed by atoms with E-state index >= 15 is 0 Å². The van der Waals surface area contributed by atoms with Crippen molar-refractivity contribution >= 4 is 11.0 Å². The van der Waals surface area contributed by atoms with Crippen LogP contribution < -0.4 is 11.0 Å². The molecule has 2 aromatic rings. The van der Waals surface area contributed by atoms with E-state index in [4.69, 9.17) is 0 Å². The SMILES string of the molecule is CC(NCC1(C)CC1)c1ccc2[nH]c(=O)[nH]c2c1. The van der Waals surface area contributed by atoms with Crippen molar-refractivity contribution in [2.24, 2.45) is 5.41 Å². The van der Waals surface area contributed by atoms with Gasteiger partial charge in [0.2, 0.25) is 0 Å². The first-order valence-electron chi connectivity index (χ1n) is 6.51. The molecule has 96 valence electrons. The third-order valence-corrected chi connectivity index (χ3v) is 3.98. The van der Waals surface area contributed by atoms with Gasteiger partial charge in [0, 0.05) is 12.6 Å². The van der Waals surface area contributed by atoms with Gasteiger partial charge in [-0.15, -0.1) is 0 Å². The van der Waals surface area contributed by atoms with Gasteiger partial charge in [0.1, 0.15) is 0 Å². The summed E-state index contributed by atoms with van der Waals surface area (Å²) < 4.78 is 0. The number of aromatic amines is 2. The second kappa shape index (κ2) is 3.99. The average Bonchev–Trinajstić information content (AvgIpc) is 2.95. The van der Waals surface area contributed by atoms with Crippen LogP contribution in [0.1, 0.15) is 38.3 Å². The molecule has 4 nitrogen and oxygen atoms in total. The first-order valence-corrected chi connectivity index (χ1v) is 6.51. The Balaban J connectivity index is 1.77. The van der Waals surface area contributed by atoms with E-state index in [1.165, 1.54) is 18.4 Å². The molecule has 0 aliphatic heterocycles. The number of benzene rings is 1. The van der Waals surface area contributed by atoms with E-state index in [-0.39, 0.29) is 5.69 Å². The molecule has 4 heteroatoms. The van der Waals surface area contributed by atoms with Crippen molar-refractivity contribution < 1.29 is 0 Å². The molecule has 3 rings (SSSR count). The largest absolute Gasteiger partial charge is 0.323 e. The maximum Gasteiger partial charge on any atom is 0.323 e. The molecule has 1 unspecified atom stereocenters. The van der Waals surface area contributed by atoms with E-state index < -0.39 is 0 Å². The summed E-state index contributed by atoms with van der Waals surface area (Å²) in [5.41, 5.74) is 3.32. The van der Waals surface area contributed by atoms with Crippen molar-refractivity contribution in [1.29, 1.82) is 0 Å². The van der Waals surface area contributed by atoms with Gasteiger partial charge in [-0.25, -0.2) is 4.79 Å². The fourth-order valence-corrected chi connectivity index (χ4v) is 2.23. The van der Waals surface area contributed by atoms with Gasteiger partial charge in [0.05, 0.1) is 11.0 Å². The maximum atomic E-state index is 11.2. The van der Waals surface area contributed by atoms with Crippen molar-refractivity contribution in [3.63, 3.8) is 0 Å². The Kier molecular flexibility index (Phi) is 2.55. The van der Waals surface area contributed by atoms with Crippen LogP contribution in [0.2, 0.25) is 0 Å². The lowest BCUT2D eigenvalue weighted by atomic mass is 10.1. The molecule has 0 bridgehead atoms. The van der Waals surface area contributed by atoms with Crippen LogP contribution in [-0.2, 0) is 0 Å². The third kappa shape index (κ3) is 2.20. The Hall–Kier alpha value is -1.55. The summed E-state index contributed by atoms with van der Waals surface area (Å²) in [6.07, 6.45) is 2.66. The second-order valence-electron chi connectivity index (χ2n) is 5.80. The Morgan fingerprint density at radius 3 is 2.78 bits per heavy atom. The smallest absolute Gasteiger partial charge is 0.310 e. The molecule has 0 amide bonds. The van der Waals surface area contributed by atoms with Gasteiger partial charge in [-0.2, -0.15) is 0 Å². The molecule has 1 heterocycles. The molecule has 1 aliphatic rings. The number of hydrogen-bond acceptors (Lipinski definition) is 2. The summed E-state index contributed by atoms with van der Waals surface area (Å²) in [6, 6.07) is 6.38. The average molecular weight is 245 g/mol. The third-order valence-electron chi connectivity index (χ3n) is 3.98. The van der Waals surface area contributed by atoms with Crippen molar-refractivity contribution in [1.82, 2.24) is 15.3 Å². The minimum absolute atomic E-state index is 0.145. The van der Waals surface area contributed by atoms with Crippen molar-refractivity contribution in [3.05, 3.63) is 34.2 Å². The van der Waals surface area contributed by atoms with Gasteiger partial charge in [-0.05, 0) is 42.9 Å². The van der Waals surface area contributed by atoms with Crippen molar-refractivity contribution in [2.45, 2.75) is 32.7 Å². The highest BCUT2D eigenvalue weighted by Crippen LogP contribution is 2.44. The van der Waals surface area contributed by atoms with Crippen LogP contribution in [0.15, 0.2) is 23.0 Å². The molecule has 1 atom stereocenters. The number of aromatic nitrogens is 2. The lowest BCUT2D eigenvalue weighted by Crippen LogP contribution is -2.25. The Morgan fingerprint density at radius 2 is 2.06 bits per heavy atom. The van der Waals surface area contributed by atoms with Gasteiger partial charge >= 0.3 is 5.69 Å². The maximum absolute atomic E-state index is 11.2. The van der Waals surface area contributed by atoms with E-state index in [9.17, 15) is 4.79 Å². The van der Waals surface area contributed by atoms with E-state index in [0.29, 0.717) is 11.5 Å². The molecule has 1 aliphatic carbocycles. The van der Waals surface area contributed by atoms with Crippen molar-refractivity contribution in [2.75, 3.05) is 6.54 Å². The van der Waals surface area contributed by atoms with Gasteiger partial charge < -0.3 is 15.3 Å². The topological polar surface area (TPSA) is 60.7 Å². The van der Waals surface area contributed by atoms with Crippen LogP contribution in [0.4, 0.5) is 0 Å². The molecule has 0 spiro atoms. The van der Waals surface area contributed by atoms with Gasteiger partial charge in [0.25, 0.3) is 0 Å². The van der Waals surface area contributed by atoms with E-state index in [2.05, 4.69) is 35.2 Å². The quantitative estimate of drug-likeness (QED) is 0.774. The standard InChI is InChI=1S/C14H19N3O/c1-9(15-8-14(2)5-6-14)10-3-4-11-12(7-10)17-13(18)16-11/h3-4,7,9,15H,5-6,8H2,1-2H3,(H2,16,17,18). The molecule has 0 saturated heterocycles. The molecule has 18 heavy (non-hydrogen) atoms. The predicted molar refractivity (Wildman–Crippen MR) is 72.7 cm³/mol. The molecule has 1 fully saturated rings. The Morgan fingerprint density at radius 1 is 1.33 bits per heavy atom. The molecular weight excluding hydrogens is 226 g/mol. The first-order chi connectivity index (χ1) is 8.56. The molecule has 1 aromatic carbocycles. The highest BCUT2D eigenvalue weighted by Gasteiger charge is 2.36. The zero-order valence-corrected chi connectivity index (χ0v) is 10.8. The van der Waals surface area contributed by atoms with Crippen LogP contribution in [0.25, 0.3) is 11.0 Å². The summed E-state index contributed by atoms with van der Waals surface area (Å²) in [5.74, 6) is 0. The summed E-state index contributed by atoms with van der Waals surface area (Å²) in [5, 5.41) is 3.57. The van der Waals surface area contributed by atoms with Gasteiger partial charge in [-0.3, -0.25) is 0 Å². The number of hydrogen-bond donors (Lipinski definition) is 3. The Bertz CT molecular complexity index is 621. The van der Waals surface area contributed by atoms with E-state index in [1.54, 1.807) is 0 Å². The van der Waals surface area contributed by atoms with Crippen LogP contribution in [0.3, 0.4) is 0 Å². The highest BCUT2D eigenvalue weighted by molar-refractivity contribution is 5.75. The first kappa shape index (κ1) is 11.5. The molecular formula is C14H19N3O. The summed E-state index contributed by atoms with van der Waals surface area (Å²) in [7, 11) is 0. The van der Waals surface area contributed by atoms with Crippen LogP contribution >= 0.6 is 0 Å². The van der Waals surface area contributed by atoms with E-state index in [1.807, 2.05) is 12.1 Å². The molecule has 1 aromatic heterocycles.